The van der Waals surface area contributed by atoms with Crippen LogP contribution in [0.3, 0.4) is 0 Å². The molecule has 1 aromatic rings. The number of anilines is 1. The van der Waals surface area contributed by atoms with Crippen molar-refractivity contribution < 1.29 is 19.1 Å². The summed E-state index contributed by atoms with van der Waals surface area (Å²) in [6.45, 7) is 1.32. The summed E-state index contributed by atoms with van der Waals surface area (Å²) in [5.41, 5.74) is -0.556. The van der Waals surface area contributed by atoms with Crippen LogP contribution in [0.15, 0.2) is 24.3 Å². The third kappa shape index (κ3) is 2.17. The highest BCUT2D eigenvalue weighted by atomic mass is 16.5. The second kappa shape index (κ2) is 5.37. The van der Waals surface area contributed by atoms with Crippen molar-refractivity contribution in [2.45, 2.75) is 18.8 Å². The highest BCUT2D eigenvalue weighted by Crippen LogP contribution is 2.46. The lowest BCUT2D eigenvalue weighted by molar-refractivity contribution is -0.148. The number of nitrogens with one attached hydrogen (secondary N) is 1. The first-order valence-corrected chi connectivity index (χ1v) is 6.35. The summed E-state index contributed by atoms with van der Waals surface area (Å²) in [5.74, 6) is -3.03. The number of para-hydroxylation sites is 1. The molecule has 0 saturated carbocycles. The molecule has 0 fully saturated rings. The van der Waals surface area contributed by atoms with Gasteiger partial charge in [-0.1, -0.05) is 18.2 Å². The minimum Gasteiger partial charge on any atom is -0.468 e. The number of carbonyl (C=O) groups is 3. The fraction of sp³-hybridized carbons (Fsp3) is 0.333. The van der Waals surface area contributed by atoms with Crippen LogP contribution in [0, 0.1) is 17.2 Å². The van der Waals surface area contributed by atoms with E-state index in [4.69, 9.17) is 0 Å². The number of nitriles is 1. The highest BCUT2D eigenvalue weighted by Gasteiger charge is 2.56. The summed E-state index contributed by atoms with van der Waals surface area (Å²) in [6, 6.07) is 8.55. The molecule has 0 radical (unpaired) electrons. The van der Waals surface area contributed by atoms with Gasteiger partial charge in [-0.25, -0.2) is 0 Å². The van der Waals surface area contributed by atoms with Gasteiger partial charge in [0, 0.05) is 12.1 Å². The monoisotopic (exact) mass is 286 g/mol. The number of ether oxygens (including phenoxy) is 1. The van der Waals surface area contributed by atoms with E-state index in [1.165, 1.54) is 6.92 Å². The van der Waals surface area contributed by atoms with E-state index in [9.17, 15) is 19.6 Å². The molecule has 2 atom stereocenters. The van der Waals surface area contributed by atoms with E-state index >= 15 is 0 Å². The van der Waals surface area contributed by atoms with Gasteiger partial charge < -0.3 is 10.1 Å². The van der Waals surface area contributed by atoms with Crippen LogP contribution < -0.4 is 5.32 Å². The summed E-state index contributed by atoms with van der Waals surface area (Å²) in [4.78, 5) is 36.1. The number of amides is 1. The standard InChI is InChI=1S/C15H14N2O4/c1-9(18)7-15(11(8-16)13(19)21-2)10-5-3-4-6-12(10)17-14(15)20/h3-6,11H,7H2,1-2H3,(H,17,20). The molecule has 1 aromatic carbocycles. The molecular weight excluding hydrogens is 272 g/mol. The van der Waals surface area contributed by atoms with Crippen LogP contribution >= 0.6 is 0 Å². The molecule has 1 aliphatic heterocycles. The summed E-state index contributed by atoms with van der Waals surface area (Å²) >= 11 is 0. The molecule has 6 nitrogen and oxygen atoms in total. The Hall–Kier alpha value is -2.68. The van der Waals surface area contributed by atoms with Crippen LogP contribution in [-0.2, 0) is 24.5 Å². The Balaban J connectivity index is 2.69. The van der Waals surface area contributed by atoms with Gasteiger partial charge >= 0.3 is 5.97 Å². The maximum absolute atomic E-state index is 12.5. The largest absolute Gasteiger partial charge is 0.468 e. The Bertz CT molecular complexity index is 662. The van der Waals surface area contributed by atoms with Crippen LogP contribution in [-0.4, -0.2) is 24.8 Å². The maximum Gasteiger partial charge on any atom is 0.324 e. The van der Waals surface area contributed by atoms with E-state index in [0.717, 1.165) is 7.11 Å². The first-order valence-electron chi connectivity index (χ1n) is 6.35. The molecule has 0 saturated heterocycles. The first kappa shape index (κ1) is 14.7. The predicted molar refractivity (Wildman–Crippen MR) is 73.2 cm³/mol. The topological polar surface area (TPSA) is 96.3 Å². The number of benzene rings is 1. The van der Waals surface area contributed by atoms with Gasteiger partial charge in [0.15, 0.2) is 5.92 Å². The molecule has 108 valence electrons. The fourth-order valence-corrected chi connectivity index (χ4v) is 2.78. The molecule has 0 bridgehead atoms. The van der Waals surface area contributed by atoms with Crippen molar-refractivity contribution in [1.82, 2.24) is 0 Å². The molecule has 0 aromatic heterocycles. The Kier molecular flexibility index (Phi) is 3.76. The smallest absolute Gasteiger partial charge is 0.324 e. The van der Waals surface area contributed by atoms with Crippen LogP contribution in [0.5, 0.6) is 0 Å². The highest BCUT2D eigenvalue weighted by molar-refractivity contribution is 6.11. The lowest BCUT2D eigenvalue weighted by Gasteiger charge is -2.29. The van der Waals surface area contributed by atoms with Crippen molar-refractivity contribution >= 4 is 23.3 Å². The van der Waals surface area contributed by atoms with E-state index in [1.54, 1.807) is 24.3 Å². The number of ketones is 1. The van der Waals surface area contributed by atoms with E-state index < -0.39 is 23.2 Å². The summed E-state index contributed by atoms with van der Waals surface area (Å²) in [5, 5.41) is 12.0. The molecule has 1 amide bonds. The lowest BCUT2D eigenvalue weighted by atomic mass is 9.68. The lowest BCUT2D eigenvalue weighted by Crippen LogP contribution is -2.46. The van der Waals surface area contributed by atoms with Gasteiger partial charge in [-0.05, 0) is 18.6 Å². The number of hydrogen-bond donors (Lipinski definition) is 1. The maximum atomic E-state index is 12.5. The van der Waals surface area contributed by atoms with Crippen molar-refractivity contribution in [3.63, 3.8) is 0 Å². The van der Waals surface area contributed by atoms with Crippen molar-refractivity contribution in [2.24, 2.45) is 5.92 Å². The van der Waals surface area contributed by atoms with E-state index in [-0.39, 0.29) is 12.2 Å². The average molecular weight is 286 g/mol. The quantitative estimate of drug-likeness (QED) is 0.838. The molecule has 6 heteroatoms. The Morgan fingerprint density at radius 3 is 2.67 bits per heavy atom. The molecule has 1 N–H and O–H groups in total. The molecular formula is C15H14N2O4. The number of rotatable bonds is 4. The zero-order chi connectivity index (χ0) is 15.6. The Morgan fingerprint density at radius 1 is 1.43 bits per heavy atom. The van der Waals surface area contributed by atoms with E-state index in [0.29, 0.717) is 11.3 Å². The van der Waals surface area contributed by atoms with Crippen molar-refractivity contribution in [3.05, 3.63) is 29.8 Å². The zero-order valence-electron chi connectivity index (χ0n) is 11.7. The van der Waals surface area contributed by atoms with Crippen LogP contribution in [0.2, 0.25) is 0 Å². The summed E-state index contributed by atoms with van der Waals surface area (Å²) < 4.78 is 4.63. The SMILES string of the molecule is COC(=O)C(C#N)C1(CC(C)=O)C(=O)Nc2ccccc21. The molecule has 1 heterocycles. The molecule has 0 spiro atoms. The number of carbonyl (C=O) groups excluding carboxylic acids is 3. The van der Waals surface area contributed by atoms with Crippen molar-refractivity contribution in [1.29, 1.82) is 5.26 Å². The van der Waals surface area contributed by atoms with Gasteiger partial charge in [0.05, 0.1) is 13.2 Å². The molecule has 21 heavy (non-hydrogen) atoms. The Labute approximate surface area is 121 Å². The zero-order valence-corrected chi connectivity index (χ0v) is 11.7. The first-order chi connectivity index (χ1) is 9.97. The average Bonchev–Trinajstić information content (AvgIpc) is 2.72. The van der Waals surface area contributed by atoms with Gasteiger partial charge in [0.25, 0.3) is 0 Å². The minimum atomic E-state index is -1.54. The molecule has 0 aliphatic carbocycles. The van der Waals surface area contributed by atoms with Gasteiger partial charge in [0.1, 0.15) is 11.2 Å². The molecule has 2 rings (SSSR count). The van der Waals surface area contributed by atoms with Gasteiger partial charge in [-0.3, -0.25) is 14.4 Å². The second-order valence-corrected chi connectivity index (χ2v) is 4.94. The van der Waals surface area contributed by atoms with Gasteiger partial charge in [-0.2, -0.15) is 5.26 Å². The van der Waals surface area contributed by atoms with Gasteiger partial charge in [-0.15, -0.1) is 0 Å². The van der Waals surface area contributed by atoms with Crippen LogP contribution in [0.1, 0.15) is 18.9 Å². The van der Waals surface area contributed by atoms with Crippen LogP contribution in [0.25, 0.3) is 0 Å². The number of nitrogens with zero attached hydrogens (tertiary/aromatic N) is 1. The third-order valence-corrected chi connectivity index (χ3v) is 3.65. The van der Waals surface area contributed by atoms with Crippen molar-refractivity contribution in [2.75, 3.05) is 12.4 Å². The summed E-state index contributed by atoms with van der Waals surface area (Å²) in [6.07, 6.45) is -0.233. The van der Waals surface area contributed by atoms with Crippen molar-refractivity contribution in [3.8, 4) is 6.07 Å². The minimum absolute atomic E-state index is 0.233. The predicted octanol–water partition coefficient (Wildman–Crippen LogP) is 1.17. The fourth-order valence-electron chi connectivity index (χ4n) is 2.78. The van der Waals surface area contributed by atoms with E-state index in [2.05, 4.69) is 10.1 Å². The molecule has 2 unspecified atom stereocenters. The molecule has 1 aliphatic rings. The van der Waals surface area contributed by atoms with Crippen LogP contribution in [0.4, 0.5) is 5.69 Å². The number of esters is 1. The van der Waals surface area contributed by atoms with Gasteiger partial charge in [0.2, 0.25) is 5.91 Å². The van der Waals surface area contributed by atoms with E-state index in [1.807, 2.05) is 6.07 Å². The number of methoxy groups -OCH3 is 1. The third-order valence-electron chi connectivity index (χ3n) is 3.65. The number of fused-ring (bicyclic) bond motifs is 1. The Morgan fingerprint density at radius 2 is 2.10 bits per heavy atom. The second-order valence-electron chi connectivity index (χ2n) is 4.94. The number of hydrogen-bond acceptors (Lipinski definition) is 5. The number of Topliss-reactive ketones (excluding diaryl/α,β-unsaturated/α-hetero) is 1. The summed E-state index contributed by atoms with van der Waals surface area (Å²) in [7, 11) is 1.15. The normalized spacial score (nSPS) is 20.9.